The summed E-state index contributed by atoms with van der Waals surface area (Å²) in [5.74, 6) is -0.562. The number of benzene rings is 1. The number of hydrogen-bond donors (Lipinski definition) is 0. The van der Waals surface area contributed by atoms with E-state index in [0.717, 1.165) is 24.8 Å². The van der Waals surface area contributed by atoms with Gasteiger partial charge in [0.1, 0.15) is 0 Å². The van der Waals surface area contributed by atoms with E-state index in [-0.39, 0.29) is 5.78 Å². The predicted molar refractivity (Wildman–Crippen MR) is 80.2 cm³/mol. The van der Waals surface area contributed by atoms with Gasteiger partial charge < -0.3 is 4.74 Å². The summed E-state index contributed by atoms with van der Waals surface area (Å²) in [6, 6.07) is 9.58. The number of carbonyl (C=O) groups excluding carboxylic acids is 2. The highest BCUT2D eigenvalue weighted by atomic mass is 16.5. The van der Waals surface area contributed by atoms with Gasteiger partial charge >= 0.3 is 5.97 Å². The fraction of sp³-hybridized carbons (Fsp3) is 0.412. The standard InChI is InChI=1S/C17H22O3/c1-3-4-6-11-17(20-14(2)18)16(19)13-12-15-9-7-5-8-10-15/h5,7-10,12-13,17H,3-4,6,11H2,1-2H3/b13-12-. The molecule has 0 fully saturated rings. The van der Waals surface area contributed by atoms with Crippen LogP contribution in [-0.4, -0.2) is 17.9 Å². The zero-order valence-electron chi connectivity index (χ0n) is 12.2. The molecule has 0 aromatic heterocycles. The van der Waals surface area contributed by atoms with Gasteiger partial charge in [-0.2, -0.15) is 0 Å². The summed E-state index contributed by atoms with van der Waals surface area (Å²) >= 11 is 0. The van der Waals surface area contributed by atoms with Gasteiger partial charge in [0.2, 0.25) is 0 Å². The minimum absolute atomic E-state index is 0.153. The number of unbranched alkanes of at least 4 members (excludes halogenated alkanes) is 2. The first kappa shape index (κ1) is 16.2. The summed E-state index contributed by atoms with van der Waals surface area (Å²) in [5, 5.41) is 0. The van der Waals surface area contributed by atoms with Crippen LogP contribution >= 0.6 is 0 Å². The largest absolute Gasteiger partial charge is 0.454 e. The van der Waals surface area contributed by atoms with Crippen LogP contribution < -0.4 is 0 Å². The Morgan fingerprint density at radius 1 is 1.20 bits per heavy atom. The van der Waals surface area contributed by atoms with Crippen molar-refractivity contribution in [1.82, 2.24) is 0 Å². The molecule has 0 N–H and O–H groups in total. The molecule has 3 heteroatoms. The van der Waals surface area contributed by atoms with Crippen molar-refractivity contribution in [2.75, 3.05) is 0 Å². The van der Waals surface area contributed by atoms with Crippen LogP contribution in [0.5, 0.6) is 0 Å². The van der Waals surface area contributed by atoms with Crippen molar-refractivity contribution < 1.29 is 14.3 Å². The summed E-state index contributed by atoms with van der Waals surface area (Å²) in [6.07, 6.45) is 6.17. The zero-order chi connectivity index (χ0) is 14.8. The lowest BCUT2D eigenvalue weighted by Crippen LogP contribution is -2.24. The highest BCUT2D eigenvalue weighted by Crippen LogP contribution is 2.10. The van der Waals surface area contributed by atoms with Crippen molar-refractivity contribution in [3.8, 4) is 0 Å². The fourth-order valence-corrected chi connectivity index (χ4v) is 1.89. The molecule has 108 valence electrons. The van der Waals surface area contributed by atoms with Crippen molar-refractivity contribution in [2.24, 2.45) is 0 Å². The van der Waals surface area contributed by atoms with E-state index in [1.54, 1.807) is 6.08 Å². The van der Waals surface area contributed by atoms with Gasteiger partial charge in [-0.15, -0.1) is 0 Å². The van der Waals surface area contributed by atoms with Gasteiger partial charge in [-0.25, -0.2) is 0 Å². The van der Waals surface area contributed by atoms with E-state index in [1.807, 2.05) is 30.3 Å². The Labute approximate surface area is 120 Å². The number of hydrogen-bond acceptors (Lipinski definition) is 3. The van der Waals surface area contributed by atoms with Gasteiger partial charge in [0, 0.05) is 6.92 Å². The number of ketones is 1. The summed E-state index contributed by atoms with van der Waals surface area (Å²) in [7, 11) is 0. The van der Waals surface area contributed by atoms with Crippen molar-refractivity contribution in [2.45, 2.75) is 45.6 Å². The molecule has 0 radical (unpaired) electrons. The quantitative estimate of drug-likeness (QED) is 0.411. The van der Waals surface area contributed by atoms with Gasteiger partial charge in [0.15, 0.2) is 11.9 Å². The third kappa shape index (κ3) is 6.32. The Balaban J connectivity index is 2.62. The SMILES string of the molecule is CCCCCC(OC(C)=O)C(=O)/C=C\c1ccccc1. The minimum atomic E-state index is -0.654. The van der Waals surface area contributed by atoms with Crippen molar-refractivity contribution in [1.29, 1.82) is 0 Å². The second-order valence-electron chi connectivity index (χ2n) is 4.74. The molecular weight excluding hydrogens is 252 g/mol. The molecule has 0 saturated heterocycles. The van der Waals surface area contributed by atoms with Gasteiger partial charge in [0.25, 0.3) is 0 Å². The molecule has 0 spiro atoms. The minimum Gasteiger partial charge on any atom is -0.454 e. The Morgan fingerprint density at radius 3 is 2.50 bits per heavy atom. The van der Waals surface area contributed by atoms with E-state index >= 15 is 0 Å². The summed E-state index contributed by atoms with van der Waals surface area (Å²) < 4.78 is 5.11. The summed E-state index contributed by atoms with van der Waals surface area (Å²) in [4.78, 5) is 23.1. The first-order valence-corrected chi connectivity index (χ1v) is 7.07. The lowest BCUT2D eigenvalue weighted by molar-refractivity contribution is -0.151. The van der Waals surface area contributed by atoms with Crippen LogP contribution in [0, 0.1) is 0 Å². The first-order chi connectivity index (χ1) is 9.63. The smallest absolute Gasteiger partial charge is 0.303 e. The number of ether oxygens (including phenoxy) is 1. The molecule has 1 atom stereocenters. The zero-order valence-corrected chi connectivity index (χ0v) is 12.2. The van der Waals surface area contributed by atoms with Gasteiger partial charge in [0.05, 0.1) is 0 Å². The van der Waals surface area contributed by atoms with Crippen molar-refractivity contribution in [3.05, 3.63) is 42.0 Å². The third-order valence-electron chi connectivity index (χ3n) is 2.94. The monoisotopic (exact) mass is 274 g/mol. The molecule has 20 heavy (non-hydrogen) atoms. The summed E-state index contributed by atoms with van der Waals surface area (Å²) in [5.41, 5.74) is 0.955. The topological polar surface area (TPSA) is 43.4 Å². The van der Waals surface area contributed by atoms with Crippen LogP contribution in [0.25, 0.3) is 6.08 Å². The van der Waals surface area contributed by atoms with E-state index in [4.69, 9.17) is 4.74 Å². The Hall–Kier alpha value is -1.90. The van der Waals surface area contributed by atoms with Crippen LogP contribution in [0.1, 0.15) is 45.1 Å². The molecule has 0 amide bonds. The predicted octanol–water partition coefficient (Wildman–Crippen LogP) is 3.78. The highest BCUT2D eigenvalue weighted by molar-refractivity contribution is 5.97. The fourth-order valence-electron chi connectivity index (χ4n) is 1.89. The molecule has 0 saturated carbocycles. The molecular formula is C17H22O3. The molecule has 1 unspecified atom stereocenters. The van der Waals surface area contributed by atoms with Crippen LogP contribution in [0.4, 0.5) is 0 Å². The molecule has 0 aliphatic heterocycles. The first-order valence-electron chi connectivity index (χ1n) is 7.07. The van der Waals surface area contributed by atoms with Crippen molar-refractivity contribution in [3.63, 3.8) is 0 Å². The van der Waals surface area contributed by atoms with Crippen molar-refractivity contribution >= 4 is 17.8 Å². The van der Waals surface area contributed by atoms with E-state index in [0.29, 0.717) is 6.42 Å². The second-order valence-corrected chi connectivity index (χ2v) is 4.74. The molecule has 1 aromatic carbocycles. The molecule has 0 heterocycles. The van der Waals surface area contributed by atoms with E-state index in [9.17, 15) is 9.59 Å². The molecule has 1 aromatic rings. The molecule has 0 aliphatic carbocycles. The normalized spacial score (nSPS) is 12.3. The van der Waals surface area contributed by atoms with E-state index in [2.05, 4.69) is 6.92 Å². The molecule has 0 aliphatic rings. The molecule has 0 bridgehead atoms. The Kier molecular flexibility index (Phi) is 7.33. The van der Waals surface area contributed by atoms with E-state index < -0.39 is 12.1 Å². The average Bonchev–Trinajstić information content (AvgIpc) is 2.44. The second kappa shape index (κ2) is 9.08. The maximum atomic E-state index is 12.1. The van der Waals surface area contributed by atoms with E-state index in [1.165, 1.54) is 13.0 Å². The number of esters is 1. The lowest BCUT2D eigenvalue weighted by atomic mass is 10.1. The lowest BCUT2D eigenvalue weighted by Gasteiger charge is -2.13. The third-order valence-corrected chi connectivity index (χ3v) is 2.94. The number of rotatable bonds is 8. The van der Waals surface area contributed by atoms with Gasteiger partial charge in [-0.05, 0) is 24.5 Å². The molecule has 3 nitrogen and oxygen atoms in total. The highest BCUT2D eigenvalue weighted by Gasteiger charge is 2.18. The Bertz CT molecular complexity index is 449. The van der Waals surface area contributed by atoms with Crippen LogP contribution in [-0.2, 0) is 14.3 Å². The van der Waals surface area contributed by atoms with Gasteiger partial charge in [-0.1, -0.05) is 56.2 Å². The average molecular weight is 274 g/mol. The van der Waals surface area contributed by atoms with Crippen LogP contribution in [0.2, 0.25) is 0 Å². The van der Waals surface area contributed by atoms with Crippen LogP contribution in [0.3, 0.4) is 0 Å². The maximum Gasteiger partial charge on any atom is 0.303 e. The number of carbonyl (C=O) groups is 2. The Morgan fingerprint density at radius 2 is 1.90 bits per heavy atom. The summed E-state index contributed by atoms with van der Waals surface area (Å²) in [6.45, 7) is 3.43. The van der Waals surface area contributed by atoms with Gasteiger partial charge in [-0.3, -0.25) is 9.59 Å². The van der Waals surface area contributed by atoms with Crippen LogP contribution in [0.15, 0.2) is 36.4 Å². The molecule has 1 rings (SSSR count). The maximum absolute atomic E-state index is 12.1.